The summed E-state index contributed by atoms with van der Waals surface area (Å²) in [5.74, 6) is 0.742. The Kier molecular flexibility index (Phi) is 7.25. The largest absolute Gasteiger partial charge is 0.353 e. The molecule has 1 amide bonds. The highest BCUT2D eigenvalue weighted by molar-refractivity contribution is 5.76. The lowest BCUT2D eigenvalue weighted by atomic mass is 10.0. The van der Waals surface area contributed by atoms with Crippen molar-refractivity contribution in [3.63, 3.8) is 0 Å². The van der Waals surface area contributed by atoms with Crippen molar-refractivity contribution in [2.24, 2.45) is 11.7 Å². The molecule has 0 bridgehead atoms. The Hall–Kier alpha value is -0.570. The fourth-order valence-corrected chi connectivity index (χ4v) is 2.68. The predicted molar refractivity (Wildman–Crippen MR) is 71.7 cm³/mol. The number of hydrogen-bond acceptors (Lipinski definition) is 2. The Morgan fingerprint density at radius 1 is 1.24 bits per heavy atom. The van der Waals surface area contributed by atoms with Gasteiger partial charge < -0.3 is 11.1 Å². The van der Waals surface area contributed by atoms with E-state index in [-0.39, 0.29) is 5.91 Å². The Morgan fingerprint density at radius 3 is 2.71 bits per heavy atom. The second-order valence-corrected chi connectivity index (χ2v) is 5.26. The normalized spacial score (nSPS) is 23.9. The molecule has 2 unspecified atom stereocenters. The van der Waals surface area contributed by atoms with Crippen LogP contribution in [0.25, 0.3) is 0 Å². The van der Waals surface area contributed by atoms with Gasteiger partial charge in [0, 0.05) is 12.5 Å². The lowest BCUT2D eigenvalue weighted by molar-refractivity contribution is -0.122. The van der Waals surface area contributed by atoms with Crippen molar-refractivity contribution in [3.8, 4) is 0 Å². The summed E-state index contributed by atoms with van der Waals surface area (Å²) in [6.45, 7) is 2.92. The van der Waals surface area contributed by atoms with Crippen molar-refractivity contribution in [3.05, 3.63) is 0 Å². The van der Waals surface area contributed by atoms with Gasteiger partial charge in [-0.2, -0.15) is 0 Å². The Balaban J connectivity index is 2.08. The monoisotopic (exact) mass is 240 g/mol. The van der Waals surface area contributed by atoms with Gasteiger partial charge >= 0.3 is 0 Å². The molecule has 1 rings (SSSR count). The summed E-state index contributed by atoms with van der Waals surface area (Å²) >= 11 is 0. The molecule has 17 heavy (non-hydrogen) atoms. The van der Waals surface area contributed by atoms with Crippen LogP contribution in [0.2, 0.25) is 0 Å². The molecule has 3 nitrogen and oxygen atoms in total. The summed E-state index contributed by atoms with van der Waals surface area (Å²) in [6, 6.07) is 0.350. The topological polar surface area (TPSA) is 55.1 Å². The fraction of sp³-hybridized carbons (Fsp3) is 0.929. The second kappa shape index (κ2) is 8.51. The van der Waals surface area contributed by atoms with Crippen LogP contribution in [-0.4, -0.2) is 18.5 Å². The Morgan fingerprint density at radius 2 is 2.00 bits per heavy atom. The predicted octanol–water partition coefficient (Wildman–Crippen LogP) is 2.59. The average molecular weight is 240 g/mol. The van der Waals surface area contributed by atoms with Crippen molar-refractivity contribution >= 4 is 5.91 Å². The molecule has 0 aromatic heterocycles. The number of carbonyl (C=O) groups excluding carboxylic acids is 1. The van der Waals surface area contributed by atoms with Gasteiger partial charge in [-0.1, -0.05) is 39.0 Å². The molecule has 1 saturated carbocycles. The summed E-state index contributed by atoms with van der Waals surface area (Å²) in [5.41, 5.74) is 5.70. The van der Waals surface area contributed by atoms with Gasteiger partial charge in [0.15, 0.2) is 0 Å². The van der Waals surface area contributed by atoms with E-state index in [1.54, 1.807) is 0 Å². The van der Waals surface area contributed by atoms with Crippen LogP contribution < -0.4 is 11.1 Å². The molecule has 1 fully saturated rings. The minimum atomic E-state index is 0.229. The van der Waals surface area contributed by atoms with Gasteiger partial charge in [0.25, 0.3) is 0 Å². The molecule has 0 saturated heterocycles. The number of hydrogen-bond donors (Lipinski definition) is 2. The molecule has 1 aliphatic rings. The van der Waals surface area contributed by atoms with Crippen LogP contribution in [-0.2, 0) is 4.79 Å². The van der Waals surface area contributed by atoms with Crippen LogP contribution in [0.1, 0.15) is 64.7 Å². The quantitative estimate of drug-likeness (QED) is 0.641. The third kappa shape index (κ3) is 5.53. The average Bonchev–Trinajstić information content (AvgIpc) is 2.76. The van der Waals surface area contributed by atoms with Gasteiger partial charge in [0.05, 0.1) is 0 Å². The van der Waals surface area contributed by atoms with Gasteiger partial charge in [0.1, 0.15) is 0 Å². The van der Waals surface area contributed by atoms with E-state index < -0.39 is 0 Å². The molecule has 2 atom stereocenters. The number of nitrogens with two attached hydrogens (primary N) is 1. The molecule has 100 valence electrons. The first-order valence-corrected chi connectivity index (χ1v) is 7.27. The summed E-state index contributed by atoms with van der Waals surface area (Å²) in [5, 5.41) is 3.15. The zero-order valence-electron chi connectivity index (χ0n) is 11.2. The minimum Gasteiger partial charge on any atom is -0.353 e. The first-order chi connectivity index (χ1) is 8.27. The summed E-state index contributed by atoms with van der Waals surface area (Å²) in [7, 11) is 0. The molecule has 3 N–H and O–H groups in total. The molecule has 0 aromatic carbocycles. The molecule has 0 aliphatic heterocycles. The van der Waals surface area contributed by atoms with Crippen molar-refractivity contribution < 1.29 is 4.79 Å². The van der Waals surface area contributed by atoms with Crippen LogP contribution >= 0.6 is 0 Å². The molecular weight excluding hydrogens is 212 g/mol. The van der Waals surface area contributed by atoms with Gasteiger partial charge in [-0.15, -0.1) is 0 Å². The summed E-state index contributed by atoms with van der Waals surface area (Å²) in [6.07, 6.45) is 10.2. The number of nitrogens with one attached hydrogen (secondary N) is 1. The lowest BCUT2D eigenvalue weighted by Crippen LogP contribution is -2.39. The van der Waals surface area contributed by atoms with Crippen molar-refractivity contribution in [1.29, 1.82) is 0 Å². The zero-order valence-corrected chi connectivity index (χ0v) is 11.2. The molecule has 0 heterocycles. The zero-order chi connectivity index (χ0) is 12.5. The maximum atomic E-state index is 11.7. The number of rotatable bonds is 8. The van der Waals surface area contributed by atoms with Crippen LogP contribution in [0.3, 0.4) is 0 Å². The van der Waals surface area contributed by atoms with Crippen molar-refractivity contribution in [2.75, 3.05) is 6.54 Å². The van der Waals surface area contributed by atoms with Gasteiger partial charge in [-0.3, -0.25) is 4.79 Å². The van der Waals surface area contributed by atoms with Gasteiger partial charge in [-0.25, -0.2) is 0 Å². The van der Waals surface area contributed by atoms with Crippen molar-refractivity contribution in [1.82, 2.24) is 5.32 Å². The van der Waals surface area contributed by atoms with Gasteiger partial charge in [-0.05, 0) is 31.7 Å². The molecule has 0 aromatic rings. The van der Waals surface area contributed by atoms with E-state index in [9.17, 15) is 4.79 Å². The smallest absolute Gasteiger partial charge is 0.220 e. The fourth-order valence-electron chi connectivity index (χ4n) is 2.68. The molecule has 1 aliphatic carbocycles. The Bertz CT molecular complexity index is 218. The SMILES string of the molecule is CCCCCCCC(=O)NC1CCCC1CN. The van der Waals surface area contributed by atoms with Crippen LogP contribution in [0, 0.1) is 5.92 Å². The third-order valence-electron chi connectivity index (χ3n) is 3.82. The standard InChI is InChI=1S/C14H28N2O/c1-2-3-4-5-6-10-14(17)16-13-9-7-8-12(13)11-15/h12-13H,2-11,15H2,1H3,(H,16,17). The Labute approximate surface area is 106 Å². The maximum absolute atomic E-state index is 11.7. The first-order valence-electron chi connectivity index (χ1n) is 7.27. The van der Waals surface area contributed by atoms with E-state index in [0.29, 0.717) is 24.9 Å². The molecular formula is C14H28N2O. The first kappa shape index (κ1) is 14.5. The second-order valence-electron chi connectivity index (χ2n) is 5.26. The summed E-state index contributed by atoms with van der Waals surface area (Å²) < 4.78 is 0. The highest BCUT2D eigenvalue weighted by atomic mass is 16.1. The van der Waals surface area contributed by atoms with E-state index in [4.69, 9.17) is 5.73 Å². The van der Waals surface area contributed by atoms with Crippen molar-refractivity contribution in [2.45, 2.75) is 70.8 Å². The minimum absolute atomic E-state index is 0.229. The maximum Gasteiger partial charge on any atom is 0.220 e. The van der Waals surface area contributed by atoms with Gasteiger partial charge in [0.2, 0.25) is 5.91 Å². The number of carbonyl (C=O) groups is 1. The van der Waals surface area contributed by atoms with E-state index >= 15 is 0 Å². The van der Waals surface area contributed by atoms with Crippen LogP contribution in [0.4, 0.5) is 0 Å². The molecule has 0 radical (unpaired) electrons. The number of unbranched alkanes of at least 4 members (excludes halogenated alkanes) is 4. The summed E-state index contributed by atoms with van der Waals surface area (Å²) in [4.78, 5) is 11.7. The third-order valence-corrected chi connectivity index (χ3v) is 3.82. The molecule has 3 heteroatoms. The number of amides is 1. The highest BCUT2D eigenvalue weighted by Gasteiger charge is 2.26. The van der Waals surface area contributed by atoms with E-state index in [1.165, 1.54) is 38.5 Å². The lowest BCUT2D eigenvalue weighted by Gasteiger charge is -2.19. The molecule has 0 spiro atoms. The van der Waals surface area contributed by atoms with E-state index in [1.807, 2.05) is 0 Å². The van der Waals surface area contributed by atoms with Crippen LogP contribution in [0.5, 0.6) is 0 Å². The highest BCUT2D eigenvalue weighted by Crippen LogP contribution is 2.24. The van der Waals surface area contributed by atoms with E-state index in [0.717, 1.165) is 12.8 Å². The van der Waals surface area contributed by atoms with E-state index in [2.05, 4.69) is 12.2 Å². The van der Waals surface area contributed by atoms with Crippen LogP contribution in [0.15, 0.2) is 0 Å².